The average Bonchev–Trinajstić information content (AvgIpc) is 3.61. The molecule has 200 valence electrons. The van der Waals surface area contributed by atoms with Crippen LogP contribution < -0.4 is 5.56 Å². The molecule has 0 aliphatic heterocycles. The lowest BCUT2D eigenvalue weighted by Crippen LogP contribution is -2.27. The van der Waals surface area contributed by atoms with E-state index < -0.39 is 23.8 Å². The highest BCUT2D eigenvalue weighted by Gasteiger charge is 2.24. The van der Waals surface area contributed by atoms with E-state index in [2.05, 4.69) is 10.1 Å². The fourth-order valence-corrected chi connectivity index (χ4v) is 4.40. The lowest BCUT2D eigenvalue weighted by molar-refractivity contribution is 0.140. The number of benzene rings is 2. The largest absolute Gasteiger partial charge is 0.359 e. The third kappa shape index (κ3) is 5.83. The van der Waals surface area contributed by atoms with Crippen molar-refractivity contribution in [2.24, 2.45) is 0 Å². The molecule has 1 fully saturated rings. The van der Waals surface area contributed by atoms with Gasteiger partial charge in [0.1, 0.15) is 11.5 Å². The quantitative estimate of drug-likeness (QED) is 0.241. The van der Waals surface area contributed by atoms with Gasteiger partial charge in [0, 0.05) is 11.1 Å². The van der Waals surface area contributed by atoms with Crippen LogP contribution in [0.3, 0.4) is 0 Å². The summed E-state index contributed by atoms with van der Waals surface area (Å²) in [6, 6.07) is 8.84. The van der Waals surface area contributed by atoms with Crippen LogP contribution in [0.15, 0.2) is 45.7 Å². The zero-order chi connectivity index (χ0) is 27.7. The van der Waals surface area contributed by atoms with Gasteiger partial charge in [0.15, 0.2) is 17.4 Å². The minimum Gasteiger partial charge on any atom is -0.359 e. The minimum atomic E-state index is -2.73. The highest BCUT2D eigenvalue weighted by molar-refractivity contribution is 6.31. The Bertz CT molecular complexity index is 1540. The van der Waals surface area contributed by atoms with Crippen molar-refractivity contribution < 1.29 is 22.1 Å². The summed E-state index contributed by atoms with van der Waals surface area (Å²) in [7, 11) is 0. The number of hydrogen-bond acceptors (Lipinski definition) is 4. The average molecular weight is 548 g/mol. The van der Waals surface area contributed by atoms with E-state index in [1.807, 2.05) is 13.8 Å². The zero-order valence-electron chi connectivity index (χ0n) is 21.3. The first-order chi connectivity index (χ1) is 18.0. The molecule has 2 aromatic heterocycles. The van der Waals surface area contributed by atoms with Crippen LogP contribution in [0.2, 0.25) is 5.02 Å². The van der Waals surface area contributed by atoms with E-state index in [1.54, 1.807) is 32.0 Å². The third-order valence-corrected chi connectivity index (χ3v) is 7.05. The van der Waals surface area contributed by atoms with Crippen LogP contribution in [0.5, 0.6) is 0 Å². The lowest BCUT2D eigenvalue weighted by Gasteiger charge is -2.15. The van der Waals surface area contributed by atoms with Crippen LogP contribution in [0.1, 0.15) is 64.8 Å². The summed E-state index contributed by atoms with van der Waals surface area (Å²) >= 11 is 6.17. The Morgan fingerprint density at radius 1 is 1.03 bits per heavy atom. The predicted molar refractivity (Wildman–Crippen MR) is 137 cm³/mol. The predicted octanol–water partition coefficient (Wildman–Crippen LogP) is 7.61. The van der Waals surface area contributed by atoms with Gasteiger partial charge in [-0.25, -0.2) is 22.5 Å². The molecule has 5 rings (SSSR count). The van der Waals surface area contributed by atoms with Gasteiger partial charge < -0.3 is 4.52 Å². The lowest BCUT2D eigenvalue weighted by atomic mass is 9.97. The Labute approximate surface area is 222 Å². The van der Waals surface area contributed by atoms with Crippen LogP contribution in [0.25, 0.3) is 11.1 Å². The molecule has 1 aliphatic carbocycles. The van der Waals surface area contributed by atoms with Crippen LogP contribution in [0, 0.1) is 39.3 Å². The zero-order valence-corrected chi connectivity index (χ0v) is 22.0. The number of nitrogens with zero attached hydrogens (tertiary/aromatic N) is 3. The van der Waals surface area contributed by atoms with Crippen molar-refractivity contribution in [3.05, 3.63) is 103 Å². The maximum absolute atomic E-state index is 13.2. The summed E-state index contributed by atoms with van der Waals surface area (Å²) in [5, 5.41) is 3.95. The van der Waals surface area contributed by atoms with Gasteiger partial charge in [-0.15, -0.1) is 0 Å². The Morgan fingerprint density at radius 3 is 2.34 bits per heavy atom. The first kappa shape index (κ1) is 27.6. The molecule has 1 saturated carbocycles. The standard InChI is InChI=1S/C19H18ClF2N3O2.C9H8F2/c1-9-10(2)15(20)6-5-14(9)17-11(3)23-12(4)25(19(17)26)8-13-7-16(18(21)22)24-27-13;10-8-4-3-7(5-9(8)11)6-1-2-6/h5-7,18H,8H2,1-4H3;3-6H,1-2H2. The number of aromatic nitrogens is 3. The molecule has 0 N–H and O–H groups in total. The number of alkyl halides is 2. The molecule has 0 radical (unpaired) electrons. The van der Waals surface area contributed by atoms with E-state index in [4.69, 9.17) is 16.1 Å². The number of aryl methyl sites for hydroxylation is 2. The van der Waals surface area contributed by atoms with Crippen molar-refractivity contribution in [2.45, 2.75) is 59.4 Å². The van der Waals surface area contributed by atoms with E-state index in [1.165, 1.54) is 16.7 Å². The molecular formula is C28H26ClF4N3O2. The van der Waals surface area contributed by atoms with Gasteiger partial charge in [-0.3, -0.25) is 9.36 Å². The fourth-order valence-electron chi connectivity index (χ4n) is 4.20. The summed E-state index contributed by atoms with van der Waals surface area (Å²) in [5.74, 6) is -0.371. The molecule has 1 aliphatic rings. The van der Waals surface area contributed by atoms with Crippen molar-refractivity contribution in [1.29, 1.82) is 0 Å². The van der Waals surface area contributed by atoms with Crippen molar-refractivity contribution in [2.75, 3.05) is 0 Å². The van der Waals surface area contributed by atoms with Crippen molar-refractivity contribution in [3.8, 4) is 11.1 Å². The van der Waals surface area contributed by atoms with Gasteiger partial charge in [0.2, 0.25) is 0 Å². The van der Waals surface area contributed by atoms with Crippen LogP contribution in [-0.2, 0) is 6.54 Å². The topological polar surface area (TPSA) is 60.9 Å². The highest BCUT2D eigenvalue weighted by Crippen LogP contribution is 2.40. The molecule has 0 spiro atoms. The first-order valence-electron chi connectivity index (χ1n) is 12.0. The van der Waals surface area contributed by atoms with Gasteiger partial charge in [-0.2, -0.15) is 0 Å². The SMILES string of the molecule is Cc1nc(C)n(Cc2cc(C(F)F)no2)c(=O)c1-c1ccc(Cl)c(C)c1C.Fc1ccc(C2CC2)cc1F. The van der Waals surface area contributed by atoms with Crippen molar-refractivity contribution in [3.63, 3.8) is 0 Å². The molecule has 0 unspecified atom stereocenters. The van der Waals surface area contributed by atoms with Crippen molar-refractivity contribution in [1.82, 2.24) is 14.7 Å². The van der Waals surface area contributed by atoms with E-state index in [0.29, 0.717) is 28.0 Å². The molecule has 10 heteroatoms. The van der Waals surface area contributed by atoms with E-state index in [9.17, 15) is 22.4 Å². The molecule has 2 aromatic carbocycles. The second kappa shape index (κ2) is 11.1. The maximum Gasteiger partial charge on any atom is 0.283 e. The summed E-state index contributed by atoms with van der Waals surface area (Å²) in [6.07, 6.45) is -0.498. The monoisotopic (exact) mass is 547 g/mol. The number of halogens is 5. The van der Waals surface area contributed by atoms with Gasteiger partial charge in [-0.1, -0.05) is 28.9 Å². The van der Waals surface area contributed by atoms with Crippen molar-refractivity contribution >= 4 is 11.6 Å². The van der Waals surface area contributed by atoms with Crippen LogP contribution in [-0.4, -0.2) is 14.7 Å². The molecule has 2 heterocycles. The highest BCUT2D eigenvalue weighted by atomic mass is 35.5. The second-order valence-electron chi connectivity index (χ2n) is 9.32. The Hall–Kier alpha value is -3.46. The first-order valence-corrected chi connectivity index (χ1v) is 12.4. The minimum absolute atomic E-state index is 0.0315. The Balaban J connectivity index is 0.000000253. The van der Waals surface area contributed by atoms with Crippen LogP contribution >= 0.6 is 11.6 Å². The smallest absolute Gasteiger partial charge is 0.283 e. The molecule has 0 amide bonds. The second-order valence-corrected chi connectivity index (χ2v) is 9.73. The maximum atomic E-state index is 13.2. The van der Waals surface area contributed by atoms with E-state index in [-0.39, 0.29) is 17.9 Å². The molecular weight excluding hydrogens is 522 g/mol. The van der Waals surface area contributed by atoms with E-state index in [0.717, 1.165) is 41.2 Å². The molecule has 38 heavy (non-hydrogen) atoms. The molecule has 0 saturated heterocycles. The van der Waals surface area contributed by atoms with Gasteiger partial charge in [0.05, 0.1) is 17.8 Å². The molecule has 0 atom stereocenters. The van der Waals surface area contributed by atoms with Crippen LogP contribution in [0.4, 0.5) is 17.6 Å². The fraction of sp³-hybridized carbons (Fsp3) is 0.321. The number of hydrogen-bond donors (Lipinski definition) is 0. The Morgan fingerprint density at radius 2 is 1.74 bits per heavy atom. The van der Waals surface area contributed by atoms with E-state index >= 15 is 0 Å². The normalized spacial score (nSPS) is 13.0. The van der Waals surface area contributed by atoms with Gasteiger partial charge >= 0.3 is 0 Å². The summed E-state index contributed by atoms with van der Waals surface area (Å²) < 4.78 is 56.8. The summed E-state index contributed by atoms with van der Waals surface area (Å²) in [4.78, 5) is 17.6. The summed E-state index contributed by atoms with van der Waals surface area (Å²) in [5.41, 5.74) is 3.75. The molecule has 5 nitrogen and oxygen atoms in total. The molecule has 4 aromatic rings. The van der Waals surface area contributed by atoms with Gasteiger partial charge in [0.25, 0.3) is 12.0 Å². The third-order valence-electron chi connectivity index (χ3n) is 6.64. The summed E-state index contributed by atoms with van der Waals surface area (Å²) in [6.45, 7) is 7.20. The molecule has 0 bridgehead atoms. The Kier molecular flexibility index (Phi) is 8.06. The number of rotatable bonds is 5. The van der Waals surface area contributed by atoms with Gasteiger partial charge in [-0.05, 0) is 86.9 Å².